The quantitative estimate of drug-likeness (QED) is 0.826. The van der Waals surface area contributed by atoms with Crippen molar-refractivity contribution in [1.29, 1.82) is 0 Å². The minimum absolute atomic E-state index is 0.221. The molecule has 1 unspecified atom stereocenters. The molecule has 1 aromatic carbocycles. The second-order valence-electron chi connectivity index (χ2n) is 4.83. The lowest BCUT2D eigenvalue weighted by Crippen LogP contribution is -2.42. The van der Waals surface area contributed by atoms with E-state index in [9.17, 15) is 9.50 Å². The Morgan fingerprint density at radius 2 is 2.19 bits per heavy atom. The summed E-state index contributed by atoms with van der Waals surface area (Å²) in [5.41, 5.74) is 6.75. The first-order valence-corrected chi connectivity index (χ1v) is 5.73. The Balaban J connectivity index is 2.26. The highest BCUT2D eigenvalue weighted by atomic mass is 19.1. The fourth-order valence-corrected chi connectivity index (χ4v) is 2.35. The van der Waals surface area contributed by atoms with Gasteiger partial charge in [-0.25, -0.2) is 4.39 Å². The van der Waals surface area contributed by atoms with Gasteiger partial charge < -0.3 is 10.8 Å². The van der Waals surface area contributed by atoms with E-state index in [1.54, 1.807) is 19.1 Å². The molecule has 0 heterocycles. The molecule has 0 saturated heterocycles. The number of aryl methyl sites for hydroxylation is 1. The van der Waals surface area contributed by atoms with Crippen LogP contribution in [0.15, 0.2) is 18.2 Å². The van der Waals surface area contributed by atoms with Crippen LogP contribution in [0.25, 0.3) is 0 Å². The smallest absolute Gasteiger partial charge is 0.126 e. The Labute approximate surface area is 95.3 Å². The average molecular weight is 223 g/mol. The van der Waals surface area contributed by atoms with Gasteiger partial charge in [0.15, 0.2) is 0 Å². The van der Waals surface area contributed by atoms with Gasteiger partial charge in [0.1, 0.15) is 5.82 Å². The van der Waals surface area contributed by atoms with Gasteiger partial charge in [0.25, 0.3) is 0 Å². The van der Waals surface area contributed by atoms with E-state index in [-0.39, 0.29) is 11.2 Å². The highest BCUT2D eigenvalue weighted by Gasteiger charge is 2.42. The maximum absolute atomic E-state index is 13.4. The minimum Gasteiger partial charge on any atom is -0.388 e. The molecular formula is C13H18FNO. The zero-order valence-corrected chi connectivity index (χ0v) is 9.54. The summed E-state index contributed by atoms with van der Waals surface area (Å²) >= 11 is 0. The highest BCUT2D eigenvalue weighted by Crippen LogP contribution is 2.49. The van der Waals surface area contributed by atoms with Gasteiger partial charge in [0, 0.05) is 12.0 Å². The molecule has 16 heavy (non-hydrogen) atoms. The highest BCUT2D eigenvalue weighted by molar-refractivity contribution is 5.27. The number of hydrogen-bond acceptors (Lipinski definition) is 2. The Bertz CT molecular complexity index is 382. The van der Waals surface area contributed by atoms with E-state index in [0.29, 0.717) is 17.7 Å². The molecule has 88 valence electrons. The van der Waals surface area contributed by atoms with Crippen molar-refractivity contribution in [2.75, 3.05) is 6.54 Å². The van der Waals surface area contributed by atoms with Crippen LogP contribution in [-0.2, 0) is 0 Å². The molecule has 2 rings (SSSR count). The lowest BCUT2D eigenvalue weighted by molar-refractivity contribution is -0.0298. The normalized spacial score (nSPS) is 20.2. The fraction of sp³-hybridized carbons (Fsp3) is 0.538. The molecule has 1 aliphatic carbocycles. The number of benzene rings is 1. The van der Waals surface area contributed by atoms with Gasteiger partial charge in [-0.15, -0.1) is 0 Å². The van der Waals surface area contributed by atoms with E-state index in [1.807, 2.05) is 0 Å². The maximum atomic E-state index is 13.4. The molecule has 0 aromatic heterocycles. The van der Waals surface area contributed by atoms with Crippen molar-refractivity contribution in [2.24, 2.45) is 11.1 Å². The van der Waals surface area contributed by atoms with E-state index < -0.39 is 6.10 Å². The fourth-order valence-electron chi connectivity index (χ4n) is 2.35. The molecule has 0 amide bonds. The molecule has 0 bridgehead atoms. The zero-order chi connectivity index (χ0) is 11.8. The van der Waals surface area contributed by atoms with Crippen molar-refractivity contribution in [1.82, 2.24) is 0 Å². The van der Waals surface area contributed by atoms with Gasteiger partial charge in [-0.05, 0) is 37.0 Å². The van der Waals surface area contributed by atoms with E-state index >= 15 is 0 Å². The van der Waals surface area contributed by atoms with Crippen molar-refractivity contribution in [3.8, 4) is 0 Å². The molecular weight excluding hydrogens is 205 g/mol. The zero-order valence-electron chi connectivity index (χ0n) is 9.54. The van der Waals surface area contributed by atoms with E-state index in [1.165, 1.54) is 6.07 Å². The number of halogens is 1. The Kier molecular flexibility index (Phi) is 3.00. The summed E-state index contributed by atoms with van der Waals surface area (Å²) in [7, 11) is 0. The first-order valence-electron chi connectivity index (χ1n) is 5.73. The average Bonchev–Trinajstić information content (AvgIpc) is 2.21. The summed E-state index contributed by atoms with van der Waals surface area (Å²) in [6.45, 7) is 2.18. The molecule has 3 N–H and O–H groups in total. The maximum Gasteiger partial charge on any atom is 0.126 e. The Morgan fingerprint density at radius 3 is 2.62 bits per heavy atom. The third-order valence-corrected chi connectivity index (χ3v) is 3.85. The molecule has 0 spiro atoms. The van der Waals surface area contributed by atoms with Gasteiger partial charge in [-0.1, -0.05) is 18.6 Å². The predicted molar refractivity (Wildman–Crippen MR) is 61.4 cm³/mol. The molecule has 0 radical (unpaired) electrons. The second kappa shape index (κ2) is 4.15. The molecule has 1 aromatic rings. The van der Waals surface area contributed by atoms with E-state index in [0.717, 1.165) is 19.3 Å². The van der Waals surface area contributed by atoms with Gasteiger partial charge in [-0.2, -0.15) is 0 Å². The third-order valence-electron chi connectivity index (χ3n) is 3.85. The first kappa shape index (κ1) is 11.6. The van der Waals surface area contributed by atoms with Crippen LogP contribution in [0.1, 0.15) is 36.5 Å². The minimum atomic E-state index is -0.638. The van der Waals surface area contributed by atoms with Gasteiger partial charge >= 0.3 is 0 Å². The SMILES string of the molecule is Cc1ccc(C(O)C2(CN)CCC2)cc1F. The molecule has 2 nitrogen and oxygen atoms in total. The van der Waals surface area contributed by atoms with Crippen LogP contribution in [0.3, 0.4) is 0 Å². The molecule has 3 heteroatoms. The lowest BCUT2D eigenvalue weighted by Gasteiger charge is -2.44. The van der Waals surface area contributed by atoms with E-state index in [2.05, 4.69) is 0 Å². The van der Waals surface area contributed by atoms with Crippen LogP contribution < -0.4 is 5.73 Å². The van der Waals surface area contributed by atoms with Crippen molar-refractivity contribution in [3.05, 3.63) is 35.1 Å². The van der Waals surface area contributed by atoms with Gasteiger partial charge in [-0.3, -0.25) is 0 Å². The van der Waals surface area contributed by atoms with Crippen molar-refractivity contribution in [3.63, 3.8) is 0 Å². The molecule has 1 saturated carbocycles. The largest absolute Gasteiger partial charge is 0.388 e. The van der Waals surface area contributed by atoms with Crippen LogP contribution in [0.5, 0.6) is 0 Å². The van der Waals surface area contributed by atoms with Crippen molar-refractivity contribution < 1.29 is 9.50 Å². The van der Waals surface area contributed by atoms with Crippen LogP contribution in [-0.4, -0.2) is 11.7 Å². The van der Waals surface area contributed by atoms with Gasteiger partial charge in [0.05, 0.1) is 6.10 Å². The topological polar surface area (TPSA) is 46.2 Å². The number of hydrogen-bond donors (Lipinski definition) is 2. The van der Waals surface area contributed by atoms with E-state index in [4.69, 9.17) is 5.73 Å². The summed E-state index contributed by atoms with van der Waals surface area (Å²) in [6, 6.07) is 4.92. The third kappa shape index (κ3) is 1.74. The number of aliphatic hydroxyl groups excluding tert-OH is 1. The summed E-state index contributed by atoms with van der Waals surface area (Å²) in [5.74, 6) is -0.261. The number of rotatable bonds is 3. The van der Waals surface area contributed by atoms with Crippen LogP contribution >= 0.6 is 0 Å². The van der Waals surface area contributed by atoms with Gasteiger partial charge in [0.2, 0.25) is 0 Å². The Morgan fingerprint density at radius 1 is 1.50 bits per heavy atom. The summed E-state index contributed by atoms with van der Waals surface area (Å²) in [4.78, 5) is 0. The second-order valence-corrected chi connectivity index (χ2v) is 4.83. The summed E-state index contributed by atoms with van der Waals surface area (Å²) < 4.78 is 13.4. The number of nitrogens with two attached hydrogens (primary N) is 1. The lowest BCUT2D eigenvalue weighted by atomic mass is 9.63. The monoisotopic (exact) mass is 223 g/mol. The predicted octanol–water partition coefficient (Wildman–Crippen LogP) is 2.30. The molecule has 0 aliphatic heterocycles. The molecule has 1 atom stereocenters. The molecule has 1 aliphatic rings. The van der Waals surface area contributed by atoms with Crippen molar-refractivity contribution >= 4 is 0 Å². The molecule has 1 fully saturated rings. The van der Waals surface area contributed by atoms with Crippen LogP contribution in [0.2, 0.25) is 0 Å². The van der Waals surface area contributed by atoms with Crippen molar-refractivity contribution in [2.45, 2.75) is 32.3 Å². The number of aliphatic hydroxyl groups is 1. The first-order chi connectivity index (χ1) is 7.59. The van der Waals surface area contributed by atoms with Crippen LogP contribution in [0, 0.1) is 18.2 Å². The summed E-state index contributed by atoms with van der Waals surface area (Å²) in [6.07, 6.45) is 2.32. The van der Waals surface area contributed by atoms with Crippen LogP contribution in [0.4, 0.5) is 4.39 Å². The standard InChI is InChI=1S/C13H18FNO/c1-9-3-4-10(7-11(9)14)12(16)13(8-15)5-2-6-13/h3-4,7,12,16H,2,5-6,8,15H2,1H3. The summed E-state index contributed by atoms with van der Waals surface area (Å²) in [5, 5.41) is 10.3. The Hall–Kier alpha value is -0.930.